The number of amidine groups is 1. The minimum atomic E-state index is -4.56. The van der Waals surface area contributed by atoms with E-state index in [2.05, 4.69) is 9.38 Å². The standard InChI is InChI=1S/C19H13ClF3N3O3S/c20-12-9-15(18-25-30(27,28)8-7-26(18)11-12)14-3-1-2-4-16(14)29-13-5-6-17(24-10-13)19(21,22)23/h1-6,9-11H,7-8H2. The minimum absolute atomic E-state index is 0.0866. The molecule has 0 spiro atoms. The molecule has 3 heterocycles. The van der Waals surface area contributed by atoms with E-state index in [0.29, 0.717) is 16.2 Å². The SMILES string of the molecule is O=S1(=O)CCN2C=C(Cl)C=C(c3ccccc3Oc3ccc(C(F)(F)F)nc3)C2=N1. The van der Waals surface area contributed by atoms with E-state index < -0.39 is 21.9 Å². The Kier molecular flexibility index (Phi) is 5.07. The fourth-order valence-corrected chi connectivity index (χ4v) is 4.19. The number of aromatic nitrogens is 1. The number of benzene rings is 1. The van der Waals surface area contributed by atoms with Gasteiger partial charge in [0, 0.05) is 23.9 Å². The Morgan fingerprint density at radius 2 is 1.90 bits per heavy atom. The van der Waals surface area contributed by atoms with Gasteiger partial charge in [0.25, 0.3) is 10.0 Å². The lowest BCUT2D eigenvalue weighted by Crippen LogP contribution is -2.38. The molecule has 0 aliphatic carbocycles. The minimum Gasteiger partial charge on any atom is -0.455 e. The predicted molar refractivity (Wildman–Crippen MR) is 106 cm³/mol. The molecule has 0 saturated heterocycles. The van der Waals surface area contributed by atoms with E-state index in [-0.39, 0.29) is 29.6 Å². The highest BCUT2D eigenvalue weighted by Crippen LogP contribution is 2.36. The zero-order chi connectivity index (χ0) is 21.5. The number of pyridine rings is 1. The molecule has 30 heavy (non-hydrogen) atoms. The summed E-state index contributed by atoms with van der Waals surface area (Å²) in [5, 5.41) is 0.370. The average molecular weight is 456 g/mol. The van der Waals surface area contributed by atoms with Gasteiger partial charge in [0.2, 0.25) is 0 Å². The zero-order valence-electron chi connectivity index (χ0n) is 15.1. The quantitative estimate of drug-likeness (QED) is 0.685. The van der Waals surface area contributed by atoms with Gasteiger partial charge in [-0.1, -0.05) is 29.8 Å². The Bertz CT molecular complexity index is 1190. The van der Waals surface area contributed by atoms with Gasteiger partial charge >= 0.3 is 6.18 Å². The van der Waals surface area contributed by atoms with Crippen LogP contribution in [0.3, 0.4) is 0 Å². The first kappa shape index (κ1) is 20.4. The molecule has 11 heteroatoms. The van der Waals surface area contributed by atoms with Crippen LogP contribution in [-0.4, -0.2) is 36.4 Å². The first-order valence-corrected chi connectivity index (χ1v) is 10.6. The third-order valence-electron chi connectivity index (χ3n) is 4.32. The molecule has 0 atom stereocenters. The molecule has 0 fully saturated rings. The highest BCUT2D eigenvalue weighted by atomic mass is 35.5. The molecule has 0 radical (unpaired) electrons. The lowest BCUT2D eigenvalue weighted by atomic mass is 10.0. The lowest BCUT2D eigenvalue weighted by Gasteiger charge is -2.30. The number of para-hydroxylation sites is 1. The maximum absolute atomic E-state index is 12.7. The number of nitrogens with zero attached hydrogens (tertiary/aromatic N) is 3. The Morgan fingerprint density at radius 1 is 1.13 bits per heavy atom. The van der Waals surface area contributed by atoms with Gasteiger partial charge in [0.15, 0.2) is 5.84 Å². The summed E-state index contributed by atoms with van der Waals surface area (Å²) in [4.78, 5) is 5.01. The topological polar surface area (TPSA) is 71.9 Å². The van der Waals surface area contributed by atoms with Gasteiger partial charge in [0.05, 0.1) is 17.0 Å². The normalized spacial score (nSPS) is 18.1. The number of alkyl halides is 3. The number of rotatable bonds is 3. The van der Waals surface area contributed by atoms with Crippen LogP contribution in [-0.2, 0) is 16.2 Å². The molecule has 1 aromatic carbocycles. The highest BCUT2D eigenvalue weighted by Gasteiger charge is 2.32. The smallest absolute Gasteiger partial charge is 0.433 e. The fraction of sp³-hybridized carbons (Fsp3) is 0.158. The predicted octanol–water partition coefficient (Wildman–Crippen LogP) is 4.41. The van der Waals surface area contributed by atoms with Crippen molar-refractivity contribution in [3.8, 4) is 11.5 Å². The molecule has 4 rings (SSSR count). The van der Waals surface area contributed by atoms with Crippen LogP contribution in [0.4, 0.5) is 13.2 Å². The van der Waals surface area contributed by atoms with E-state index >= 15 is 0 Å². The molecule has 6 nitrogen and oxygen atoms in total. The van der Waals surface area contributed by atoms with Crippen molar-refractivity contribution in [2.75, 3.05) is 12.3 Å². The third-order valence-corrected chi connectivity index (χ3v) is 5.68. The number of ether oxygens (including phenoxy) is 1. The molecular weight excluding hydrogens is 443 g/mol. The second-order valence-electron chi connectivity index (χ2n) is 6.44. The molecule has 156 valence electrons. The van der Waals surface area contributed by atoms with Gasteiger partial charge in [-0.05, 0) is 24.3 Å². The maximum atomic E-state index is 12.7. The molecule has 0 saturated carbocycles. The first-order chi connectivity index (χ1) is 14.1. The van der Waals surface area contributed by atoms with Crippen LogP contribution >= 0.6 is 11.6 Å². The van der Waals surface area contributed by atoms with Crippen molar-refractivity contribution in [1.29, 1.82) is 0 Å². The molecule has 1 aromatic heterocycles. The second-order valence-corrected chi connectivity index (χ2v) is 8.63. The van der Waals surface area contributed by atoms with Crippen LogP contribution < -0.4 is 4.74 Å². The number of fused-ring (bicyclic) bond motifs is 1. The summed E-state index contributed by atoms with van der Waals surface area (Å²) in [6, 6.07) is 8.63. The number of hydrogen-bond acceptors (Lipinski definition) is 5. The first-order valence-electron chi connectivity index (χ1n) is 8.61. The number of hydrogen-bond donors (Lipinski definition) is 0. The Balaban J connectivity index is 1.73. The number of halogens is 4. The molecule has 2 aliphatic rings. The summed E-state index contributed by atoms with van der Waals surface area (Å²) in [5.41, 5.74) is -0.141. The summed E-state index contributed by atoms with van der Waals surface area (Å²) in [6.45, 7) is 0.195. The summed E-state index contributed by atoms with van der Waals surface area (Å²) in [5.74, 6) is 0.429. The number of allylic oxidation sites excluding steroid dienone is 2. The van der Waals surface area contributed by atoms with Gasteiger partial charge in [-0.2, -0.15) is 13.2 Å². The van der Waals surface area contributed by atoms with Gasteiger partial charge in [-0.3, -0.25) is 0 Å². The molecule has 2 aliphatic heterocycles. The van der Waals surface area contributed by atoms with Gasteiger partial charge in [-0.15, -0.1) is 4.40 Å². The highest BCUT2D eigenvalue weighted by molar-refractivity contribution is 7.90. The van der Waals surface area contributed by atoms with E-state index in [9.17, 15) is 21.6 Å². The van der Waals surface area contributed by atoms with E-state index in [1.807, 2.05) is 0 Å². The van der Waals surface area contributed by atoms with Gasteiger partial charge < -0.3 is 9.64 Å². The van der Waals surface area contributed by atoms with Crippen molar-refractivity contribution in [3.63, 3.8) is 0 Å². The largest absolute Gasteiger partial charge is 0.455 e. The summed E-state index contributed by atoms with van der Waals surface area (Å²) in [6.07, 6.45) is -0.441. The monoisotopic (exact) mass is 455 g/mol. The van der Waals surface area contributed by atoms with Crippen molar-refractivity contribution in [1.82, 2.24) is 9.88 Å². The van der Waals surface area contributed by atoms with Crippen molar-refractivity contribution in [3.05, 3.63) is 71.2 Å². The van der Waals surface area contributed by atoms with Crippen LogP contribution in [0.25, 0.3) is 5.57 Å². The van der Waals surface area contributed by atoms with Crippen LogP contribution in [0.2, 0.25) is 0 Å². The lowest BCUT2D eigenvalue weighted by molar-refractivity contribution is -0.141. The van der Waals surface area contributed by atoms with Gasteiger partial charge in [0.1, 0.15) is 17.2 Å². The average Bonchev–Trinajstić information content (AvgIpc) is 2.68. The molecular formula is C19H13ClF3N3O3S. The molecule has 0 bridgehead atoms. The zero-order valence-corrected chi connectivity index (χ0v) is 16.7. The number of sulfonamides is 1. The van der Waals surface area contributed by atoms with Crippen molar-refractivity contribution in [2.45, 2.75) is 6.18 Å². The third kappa shape index (κ3) is 4.19. The van der Waals surface area contributed by atoms with Crippen molar-refractivity contribution in [2.24, 2.45) is 4.40 Å². The Hall–Kier alpha value is -2.85. The van der Waals surface area contributed by atoms with E-state index in [0.717, 1.165) is 18.3 Å². The Labute approximate surface area is 175 Å². The van der Waals surface area contributed by atoms with Gasteiger partial charge in [-0.25, -0.2) is 13.4 Å². The van der Waals surface area contributed by atoms with E-state index in [4.69, 9.17) is 16.3 Å². The summed E-state index contributed by atoms with van der Waals surface area (Å²) >= 11 is 6.21. The van der Waals surface area contributed by atoms with Crippen molar-refractivity contribution < 1.29 is 26.3 Å². The molecule has 0 unspecified atom stereocenters. The van der Waals surface area contributed by atoms with Crippen LogP contribution in [0, 0.1) is 0 Å². The van der Waals surface area contributed by atoms with E-state index in [1.54, 1.807) is 41.4 Å². The van der Waals surface area contributed by atoms with Crippen LogP contribution in [0.5, 0.6) is 11.5 Å². The fourth-order valence-electron chi connectivity index (χ4n) is 2.98. The van der Waals surface area contributed by atoms with E-state index in [1.165, 1.54) is 0 Å². The maximum Gasteiger partial charge on any atom is 0.433 e. The van der Waals surface area contributed by atoms with Crippen LogP contribution in [0.15, 0.2) is 64.3 Å². The summed E-state index contributed by atoms with van der Waals surface area (Å²) < 4.78 is 71.8. The molecule has 0 amide bonds. The molecule has 0 N–H and O–H groups in total. The Morgan fingerprint density at radius 3 is 2.60 bits per heavy atom. The molecule has 2 aromatic rings. The van der Waals surface area contributed by atoms with Crippen LogP contribution in [0.1, 0.15) is 11.3 Å². The second kappa shape index (κ2) is 7.44. The van der Waals surface area contributed by atoms with Crippen molar-refractivity contribution >= 4 is 33.0 Å². The summed E-state index contributed by atoms with van der Waals surface area (Å²) in [7, 11) is -3.63.